The minimum atomic E-state index is -0.147. The largest absolute Gasteiger partial charge is 0.464 e. The van der Waals surface area contributed by atoms with Gasteiger partial charge in [-0.2, -0.15) is 5.26 Å². The van der Waals surface area contributed by atoms with Crippen molar-refractivity contribution in [3.8, 4) is 28.7 Å². The lowest BCUT2D eigenvalue weighted by molar-refractivity contribution is -0.113. The summed E-state index contributed by atoms with van der Waals surface area (Å²) >= 11 is 1.25. The molecule has 2 heterocycles. The number of nitriles is 1. The number of carbonyl (C=O) groups is 1. The minimum Gasteiger partial charge on any atom is -0.464 e. The van der Waals surface area contributed by atoms with Gasteiger partial charge in [0, 0.05) is 16.8 Å². The Bertz CT molecular complexity index is 1360. The van der Waals surface area contributed by atoms with E-state index in [9.17, 15) is 10.1 Å². The highest BCUT2D eigenvalue weighted by molar-refractivity contribution is 8.00. The number of pyridine rings is 1. The smallest absolute Gasteiger partial charge is 0.234 e. The lowest BCUT2D eigenvalue weighted by Gasteiger charge is -2.14. The first-order chi connectivity index (χ1) is 16.4. The SMILES string of the molecule is Cc1ccc(-c2cc(-c3ccco3)c(C#N)c(SCC(=O)Nc3c(C)cc(C)cc3C)n2)cc1. The number of benzene rings is 2. The van der Waals surface area contributed by atoms with E-state index in [0.717, 1.165) is 39.2 Å². The van der Waals surface area contributed by atoms with Crippen LogP contribution in [-0.4, -0.2) is 16.6 Å². The van der Waals surface area contributed by atoms with Crippen molar-refractivity contribution < 1.29 is 9.21 Å². The van der Waals surface area contributed by atoms with Crippen LogP contribution < -0.4 is 5.32 Å². The molecule has 0 bridgehead atoms. The molecular formula is C28H25N3O2S. The molecule has 6 heteroatoms. The van der Waals surface area contributed by atoms with Gasteiger partial charge in [0.1, 0.15) is 16.9 Å². The van der Waals surface area contributed by atoms with E-state index in [1.54, 1.807) is 12.3 Å². The van der Waals surface area contributed by atoms with Crippen molar-refractivity contribution in [2.24, 2.45) is 0 Å². The number of furan rings is 1. The van der Waals surface area contributed by atoms with E-state index in [1.165, 1.54) is 11.8 Å². The number of aromatic nitrogens is 1. The summed E-state index contributed by atoms with van der Waals surface area (Å²) in [6, 6.07) is 19.9. The molecule has 0 unspecified atom stereocenters. The molecule has 0 spiro atoms. The van der Waals surface area contributed by atoms with Crippen LogP contribution in [0.3, 0.4) is 0 Å². The van der Waals surface area contributed by atoms with E-state index in [2.05, 4.69) is 11.4 Å². The van der Waals surface area contributed by atoms with Crippen LogP contribution in [0.15, 0.2) is 70.3 Å². The van der Waals surface area contributed by atoms with Gasteiger partial charge in [-0.15, -0.1) is 0 Å². The monoisotopic (exact) mass is 467 g/mol. The molecule has 0 radical (unpaired) electrons. The Morgan fingerprint density at radius 1 is 1.03 bits per heavy atom. The molecule has 0 fully saturated rings. The summed E-state index contributed by atoms with van der Waals surface area (Å²) < 4.78 is 5.60. The van der Waals surface area contributed by atoms with Gasteiger partial charge in [-0.05, 0) is 57.0 Å². The van der Waals surface area contributed by atoms with Crippen LogP contribution in [0.4, 0.5) is 5.69 Å². The molecule has 0 aliphatic heterocycles. The summed E-state index contributed by atoms with van der Waals surface area (Å²) in [7, 11) is 0. The van der Waals surface area contributed by atoms with Crippen molar-refractivity contribution >= 4 is 23.4 Å². The van der Waals surface area contributed by atoms with Gasteiger partial charge in [0.15, 0.2) is 0 Å². The lowest BCUT2D eigenvalue weighted by atomic mass is 10.0. The van der Waals surface area contributed by atoms with Crippen LogP contribution in [0.1, 0.15) is 27.8 Å². The summed E-state index contributed by atoms with van der Waals surface area (Å²) in [6.07, 6.45) is 1.58. The van der Waals surface area contributed by atoms with Gasteiger partial charge >= 0.3 is 0 Å². The summed E-state index contributed by atoms with van der Waals surface area (Å²) in [5, 5.41) is 13.5. The third-order valence-corrected chi connectivity index (χ3v) is 6.49. The van der Waals surface area contributed by atoms with Gasteiger partial charge in [-0.1, -0.05) is 59.3 Å². The molecule has 4 aromatic rings. The van der Waals surface area contributed by atoms with Crippen LogP contribution in [0, 0.1) is 39.0 Å². The average Bonchev–Trinajstić information content (AvgIpc) is 3.35. The number of amides is 1. The van der Waals surface area contributed by atoms with Gasteiger partial charge < -0.3 is 9.73 Å². The second-order valence-corrected chi connectivity index (χ2v) is 9.26. The predicted molar refractivity (Wildman–Crippen MR) is 137 cm³/mol. The first kappa shape index (κ1) is 23.3. The van der Waals surface area contributed by atoms with Crippen molar-refractivity contribution in [2.45, 2.75) is 32.7 Å². The molecule has 0 saturated heterocycles. The Balaban J connectivity index is 1.66. The number of rotatable bonds is 6. The highest BCUT2D eigenvalue weighted by atomic mass is 32.2. The van der Waals surface area contributed by atoms with E-state index in [1.807, 2.05) is 76.2 Å². The fourth-order valence-corrected chi connectivity index (χ4v) is 4.72. The van der Waals surface area contributed by atoms with E-state index in [4.69, 9.17) is 9.40 Å². The maximum absolute atomic E-state index is 12.8. The van der Waals surface area contributed by atoms with Gasteiger partial charge in [0.2, 0.25) is 5.91 Å². The van der Waals surface area contributed by atoms with Crippen LogP contribution in [0.2, 0.25) is 0 Å². The molecular weight excluding hydrogens is 442 g/mol. The Hall–Kier alpha value is -3.82. The summed E-state index contributed by atoms with van der Waals surface area (Å²) in [5.41, 5.74) is 7.88. The van der Waals surface area contributed by atoms with Crippen molar-refractivity contribution in [1.82, 2.24) is 4.98 Å². The second kappa shape index (κ2) is 9.98. The molecule has 1 amide bonds. The zero-order valence-electron chi connectivity index (χ0n) is 19.6. The molecule has 1 N–H and O–H groups in total. The van der Waals surface area contributed by atoms with Crippen molar-refractivity contribution in [1.29, 1.82) is 5.26 Å². The van der Waals surface area contributed by atoms with Crippen LogP contribution in [0.5, 0.6) is 0 Å². The molecule has 4 rings (SSSR count). The van der Waals surface area contributed by atoms with Gasteiger partial charge in [-0.25, -0.2) is 4.98 Å². The van der Waals surface area contributed by atoms with Crippen LogP contribution >= 0.6 is 11.8 Å². The van der Waals surface area contributed by atoms with Crippen molar-refractivity contribution in [3.05, 3.63) is 88.7 Å². The van der Waals surface area contributed by atoms with Crippen molar-refractivity contribution in [3.63, 3.8) is 0 Å². The summed E-state index contributed by atoms with van der Waals surface area (Å²) in [6.45, 7) is 8.04. The summed E-state index contributed by atoms with van der Waals surface area (Å²) in [5.74, 6) is 0.569. The number of nitrogens with one attached hydrogen (secondary N) is 1. The maximum Gasteiger partial charge on any atom is 0.234 e. The Labute approximate surface area is 203 Å². The molecule has 5 nitrogen and oxygen atoms in total. The Kier molecular flexibility index (Phi) is 6.85. The quantitative estimate of drug-likeness (QED) is 0.314. The standard InChI is InChI=1S/C28H25N3O2S/c1-17-7-9-21(10-8-17)24-14-22(25-6-5-11-33-25)23(15-29)28(30-24)34-16-26(32)31-27-19(3)12-18(2)13-20(27)4/h5-14H,16H2,1-4H3,(H,31,32). The zero-order valence-corrected chi connectivity index (χ0v) is 20.4. The normalized spacial score (nSPS) is 10.7. The van der Waals surface area contributed by atoms with Crippen LogP contribution in [0.25, 0.3) is 22.6 Å². The molecule has 0 aliphatic rings. The number of nitrogens with zero attached hydrogens (tertiary/aromatic N) is 2. The third kappa shape index (κ3) is 5.05. The topological polar surface area (TPSA) is 78.9 Å². The number of carbonyl (C=O) groups excluding carboxylic acids is 1. The van der Waals surface area contributed by atoms with E-state index in [0.29, 0.717) is 21.9 Å². The zero-order chi connectivity index (χ0) is 24.2. The second-order valence-electron chi connectivity index (χ2n) is 8.30. The van der Waals surface area contributed by atoms with Gasteiger partial charge in [0.25, 0.3) is 0 Å². The first-order valence-electron chi connectivity index (χ1n) is 10.9. The summed E-state index contributed by atoms with van der Waals surface area (Å²) in [4.78, 5) is 17.6. The number of anilines is 1. The first-order valence-corrected chi connectivity index (χ1v) is 11.9. The van der Waals surface area contributed by atoms with Gasteiger partial charge in [0.05, 0.1) is 23.3 Å². The molecule has 0 atom stereocenters. The number of aryl methyl sites for hydroxylation is 4. The average molecular weight is 468 g/mol. The number of hydrogen-bond donors (Lipinski definition) is 1. The molecule has 2 aromatic heterocycles. The van der Waals surface area contributed by atoms with Gasteiger partial charge in [-0.3, -0.25) is 4.79 Å². The molecule has 2 aromatic carbocycles. The lowest BCUT2D eigenvalue weighted by Crippen LogP contribution is -2.16. The fraction of sp³-hybridized carbons (Fsp3) is 0.179. The third-order valence-electron chi connectivity index (χ3n) is 5.51. The Morgan fingerprint density at radius 3 is 2.35 bits per heavy atom. The van der Waals surface area contributed by atoms with Crippen LogP contribution in [-0.2, 0) is 4.79 Å². The van der Waals surface area contributed by atoms with E-state index >= 15 is 0 Å². The Morgan fingerprint density at radius 2 is 1.74 bits per heavy atom. The minimum absolute atomic E-state index is 0.128. The number of hydrogen-bond acceptors (Lipinski definition) is 5. The molecule has 0 saturated carbocycles. The number of thioether (sulfide) groups is 1. The molecule has 170 valence electrons. The fourth-order valence-electron chi connectivity index (χ4n) is 3.92. The predicted octanol–water partition coefficient (Wildman–Crippen LogP) is 6.84. The highest BCUT2D eigenvalue weighted by Crippen LogP contribution is 2.34. The van der Waals surface area contributed by atoms with E-state index in [-0.39, 0.29) is 11.7 Å². The maximum atomic E-state index is 12.8. The van der Waals surface area contributed by atoms with E-state index < -0.39 is 0 Å². The van der Waals surface area contributed by atoms with Crippen molar-refractivity contribution in [2.75, 3.05) is 11.1 Å². The molecule has 34 heavy (non-hydrogen) atoms. The molecule has 0 aliphatic carbocycles. The highest BCUT2D eigenvalue weighted by Gasteiger charge is 2.19.